The van der Waals surface area contributed by atoms with Crippen molar-refractivity contribution in [2.24, 2.45) is 0 Å². The van der Waals surface area contributed by atoms with Gasteiger partial charge in [0.05, 0.1) is 11.1 Å². The lowest BCUT2D eigenvalue weighted by Gasteiger charge is -2.24. The second-order valence-corrected chi connectivity index (χ2v) is 5.62. The van der Waals surface area contributed by atoms with E-state index in [-0.39, 0.29) is 24.0 Å². The summed E-state index contributed by atoms with van der Waals surface area (Å²) in [5, 5.41) is 5.75. The molecular formula is C13H15BrClF3N2O. The van der Waals surface area contributed by atoms with E-state index >= 15 is 0 Å². The SMILES string of the molecule is Cl.O=C(N[C@@H]1CCCNC1)c1ccc(Br)cc1C(F)(F)F. The van der Waals surface area contributed by atoms with Crippen LogP contribution in [0.2, 0.25) is 0 Å². The van der Waals surface area contributed by atoms with E-state index < -0.39 is 17.6 Å². The maximum Gasteiger partial charge on any atom is 0.417 e. The maximum atomic E-state index is 13.0. The highest BCUT2D eigenvalue weighted by atomic mass is 79.9. The largest absolute Gasteiger partial charge is 0.417 e. The molecule has 0 unspecified atom stereocenters. The molecular weight excluding hydrogens is 373 g/mol. The van der Waals surface area contributed by atoms with E-state index in [1.54, 1.807) is 0 Å². The van der Waals surface area contributed by atoms with Crippen LogP contribution in [0.4, 0.5) is 13.2 Å². The number of nitrogens with one attached hydrogen (secondary N) is 2. The molecule has 1 aromatic carbocycles. The Morgan fingerprint density at radius 2 is 2.10 bits per heavy atom. The quantitative estimate of drug-likeness (QED) is 0.817. The summed E-state index contributed by atoms with van der Waals surface area (Å²) >= 11 is 2.99. The lowest BCUT2D eigenvalue weighted by atomic mass is 10.0. The normalized spacial score (nSPS) is 18.8. The fraction of sp³-hybridized carbons (Fsp3) is 0.462. The van der Waals surface area contributed by atoms with E-state index in [1.807, 2.05) is 0 Å². The number of halogens is 5. The van der Waals surface area contributed by atoms with Gasteiger partial charge in [0.1, 0.15) is 0 Å². The number of piperidine rings is 1. The van der Waals surface area contributed by atoms with Gasteiger partial charge in [-0.3, -0.25) is 4.79 Å². The van der Waals surface area contributed by atoms with Crippen molar-refractivity contribution in [1.82, 2.24) is 10.6 Å². The Hall–Kier alpha value is -0.790. The highest BCUT2D eigenvalue weighted by Gasteiger charge is 2.35. The summed E-state index contributed by atoms with van der Waals surface area (Å²) in [6, 6.07) is 3.43. The standard InChI is InChI=1S/C13H14BrF3N2O.ClH/c14-8-3-4-10(11(6-8)13(15,16)17)12(20)19-9-2-1-5-18-7-9;/h3-4,6,9,18H,1-2,5,7H2,(H,19,20);1H/t9-;/m1./s1. The van der Waals surface area contributed by atoms with E-state index in [9.17, 15) is 18.0 Å². The predicted molar refractivity (Wildman–Crippen MR) is 79.7 cm³/mol. The Morgan fingerprint density at radius 1 is 1.38 bits per heavy atom. The summed E-state index contributed by atoms with van der Waals surface area (Å²) in [5.74, 6) is -0.682. The minimum atomic E-state index is -4.55. The van der Waals surface area contributed by atoms with Crippen molar-refractivity contribution in [2.45, 2.75) is 25.1 Å². The Balaban J connectivity index is 0.00000220. The fourth-order valence-electron chi connectivity index (χ4n) is 2.19. The van der Waals surface area contributed by atoms with Crippen molar-refractivity contribution in [3.8, 4) is 0 Å². The van der Waals surface area contributed by atoms with Crippen molar-refractivity contribution >= 4 is 34.2 Å². The molecule has 1 aliphatic rings. The zero-order valence-corrected chi connectivity index (χ0v) is 13.4. The number of amides is 1. The monoisotopic (exact) mass is 386 g/mol. The summed E-state index contributed by atoms with van der Waals surface area (Å²) in [6.45, 7) is 1.46. The molecule has 2 rings (SSSR count). The van der Waals surface area contributed by atoms with Gasteiger partial charge in [-0.25, -0.2) is 0 Å². The molecule has 3 nitrogen and oxygen atoms in total. The molecule has 118 valence electrons. The first kappa shape index (κ1) is 18.3. The zero-order valence-electron chi connectivity index (χ0n) is 11.0. The van der Waals surface area contributed by atoms with Gasteiger partial charge in [-0.05, 0) is 37.6 Å². The Morgan fingerprint density at radius 3 is 2.67 bits per heavy atom. The molecule has 0 bridgehead atoms. The van der Waals surface area contributed by atoms with Crippen LogP contribution in [0.3, 0.4) is 0 Å². The third-order valence-electron chi connectivity index (χ3n) is 3.16. The van der Waals surface area contributed by atoms with Gasteiger partial charge in [0.2, 0.25) is 0 Å². The molecule has 21 heavy (non-hydrogen) atoms. The molecule has 0 spiro atoms. The van der Waals surface area contributed by atoms with Crippen LogP contribution < -0.4 is 10.6 Å². The number of benzene rings is 1. The van der Waals surface area contributed by atoms with Crippen LogP contribution in [0.15, 0.2) is 22.7 Å². The van der Waals surface area contributed by atoms with Crippen LogP contribution in [0.25, 0.3) is 0 Å². The molecule has 0 radical (unpaired) electrons. The summed E-state index contributed by atoms with van der Waals surface area (Å²) in [4.78, 5) is 12.0. The molecule has 0 aliphatic carbocycles. The average Bonchev–Trinajstić information content (AvgIpc) is 2.38. The minimum Gasteiger partial charge on any atom is -0.348 e. The number of carbonyl (C=O) groups excluding carboxylic acids is 1. The van der Waals surface area contributed by atoms with E-state index in [0.717, 1.165) is 25.5 Å². The van der Waals surface area contributed by atoms with Crippen molar-refractivity contribution < 1.29 is 18.0 Å². The van der Waals surface area contributed by atoms with Crippen molar-refractivity contribution in [3.63, 3.8) is 0 Å². The molecule has 2 N–H and O–H groups in total. The van der Waals surface area contributed by atoms with Gasteiger partial charge in [-0.2, -0.15) is 13.2 Å². The van der Waals surface area contributed by atoms with E-state index in [1.165, 1.54) is 12.1 Å². The third kappa shape index (κ3) is 4.86. The minimum absolute atomic E-state index is 0. The highest BCUT2D eigenvalue weighted by molar-refractivity contribution is 9.10. The van der Waals surface area contributed by atoms with Crippen molar-refractivity contribution in [3.05, 3.63) is 33.8 Å². The maximum absolute atomic E-state index is 13.0. The topological polar surface area (TPSA) is 41.1 Å². The van der Waals surface area contributed by atoms with Gasteiger partial charge in [-0.1, -0.05) is 15.9 Å². The lowest BCUT2D eigenvalue weighted by molar-refractivity contribution is -0.138. The summed E-state index contributed by atoms with van der Waals surface area (Å²) < 4.78 is 39.2. The molecule has 1 aliphatic heterocycles. The van der Waals surface area contributed by atoms with Gasteiger partial charge in [0.15, 0.2) is 0 Å². The molecule has 0 aromatic heterocycles. The lowest BCUT2D eigenvalue weighted by Crippen LogP contribution is -2.45. The number of carbonyl (C=O) groups is 1. The summed E-state index contributed by atoms with van der Waals surface area (Å²) in [7, 11) is 0. The first-order valence-corrected chi connectivity index (χ1v) is 7.05. The third-order valence-corrected chi connectivity index (χ3v) is 3.66. The van der Waals surface area contributed by atoms with Crippen LogP contribution in [0, 0.1) is 0 Å². The molecule has 1 aromatic rings. The van der Waals surface area contributed by atoms with Gasteiger partial charge >= 0.3 is 6.18 Å². The van der Waals surface area contributed by atoms with Crippen LogP contribution in [0.5, 0.6) is 0 Å². The van der Waals surface area contributed by atoms with Crippen LogP contribution in [-0.2, 0) is 6.18 Å². The predicted octanol–water partition coefficient (Wildman–Crippen LogP) is 3.37. The number of alkyl halides is 3. The van der Waals surface area contributed by atoms with Crippen molar-refractivity contribution in [2.75, 3.05) is 13.1 Å². The summed E-state index contributed by atoms with van der Waals surface area (Å²) in [6.07, 6.45) is -2.88. The molecule has 1 saturated heterocycles. The molecule has 1 fully saturated rings. The van der Waals surface area contributed by atoms with Gasteiger partial charge in [0, 0.05) is 17.1 Å². The van der Waals surface area contributed by atoms with Gasteiger partial charge < -0.3 is 10.6 Å². The van der Waals surface area contributed by atoms with E-state index in [2.05, 4.69) is 26.6 Å². The van der Waals surface area contributed by atoms with Crippen LogP contribution in [-0.4, -0.2) is 25.0 Å². The van der Waals surface area contributed by atoms with Crippen molar-refractivity contribution in [1.29, 1.82) is 0 Å². The van der Waals surface area contributed by atoms with Gasteiger partial charge in [-0.15, -0.1) is 12.4 Å². The second-order valence-electron chi connectivity index (χ2n) is 4.70. The molecule has 1 amide bonds. The molecule has 0 saturated carbocycles. The molecule has 1 heterocycles. The highest BCUT2D eigenvalue weighted by Crippen LogP contribution is 2.33. The summed E-state index contributed by atoms with van der Waals surface area (Å²) in [5.41, 5.74) is -1.26. The fourth-order valence-corrected chi connectivity index (χ4v) is 2.55. The Bertz CT molecular complexity index is 505. The molecule has 8 heteroatoms. The number of hydrogen-bond acceptors (Lipinski definition) is 2. The van der Waals surface area contributed by atoms with Gasteiger partial charge in [0.25, 0.3) is 5.91 Å². The number of hydrogen-bond donors (Lipinski definition) is 2. The van der Waals surface area contributed by atoms with E-state index in [0.29, 0.717) is 11.0 Å². The first-order chi connectivity index (χ1) is 9.38. The second kappa shape index (κ2) is 7.47. The number of rotatable bonds is 2. The zero-order chi connectivity index (χ0) is 14.8. The smallest absolute Gasteiger partial charge is 0.348 e. The molecule has 1 atom stereocenters. The van der Waals surface area contributed by atoms with Crippen LogP contribution >= 0.6 is 28.3 Å². The first-order valence-electron chi connectivity index (χ1n) is 6.26. The van der Waals surface area contributed by atoms with Crippen LogP contribution in [0.1, 0.15) is 28.8 Å². The average molecular weight is 388 g/mol. The Kier molecular flexibility index (Phi) is 6.49. The Labute approximate surface area is 135 Å². The van der Waals surface area contributed by atoms with E-state index in [4.69, 9.17) is 0 Å².